The molecule has 4 rings (SSSR count). The van der Waals surface area contributed by atoms with Gasteiger partial charge in [-0.25, -0.2) is 0 Å². The number of rotatable bonds is 3. The minimum Gasteiger partial charge on any atom is -0.378 e. The summed E-state index contributed by atoms with van der Waals surface area (Å²) in [6, 6.07) is 0.625. The van der Waals surface area contributed by atoms with E-state index in [1.807, 2.05) is 11.9 Å². The highest BCUT2D eigenvalue weighted by molar-refractivity contribution is 14.0. The van der Waals surface area contributed by atoms with Crippen LogP contribution in [-0.4, -0.2) is 74.1 Å². The Bertz CT molecular complexity index is 539. The molecule has 4 fully saturated rings. The first-order chi connectivity index (χ1) is 13.3. The smallest absolute Gasteiger partial charge is 0.225 e. The van der Waals surface area contributed by atoms with Crippen LogP contribution in [0, 0.1) is 17.8 Å². The highest BCUT2D eigenvalue weighted by atomic mass is 127. The summed E-state index contributed by atoms with van der Waals surface area (Å²) in [6.45, 7) is 4.75. The summed E-state index contributed by atoms with van der Waals surface area (Å²) in [7, 11) is 1.89. The van der Waals surface area contributed by atoms with Crippen LogP contribution in [0.5, 0.6) is 0 Å². The molecule has 2 unspecified atom stereocenters. The number of guanidine groups is 1. The number of halogens is 1. The molecule has 1 N–H and O–H groups in total. The molecular weight excluding hydrogens is 467 g/mol. The van der Waals surface area contributed by atoms with Gasteiger partial charge < -0.3 is 19.9 Å². The van der Waals surface area contributed by atoms with E-state index in [1.54, 1.807) is 0 Å². The number of aliphatic imine (C=N–C) groups is 1. The standard InChI is InChI=1S/C21H36N4O2.HI/c1-22-21(23-19-15-18(19)16-5-3-2-4-6-16)25-9-7-17(8-10-25)20(26)24-11-13-27-14-12-24;/h16-19H,2-15H2,1H3,(H,22,23);1H. The zero-order chi connectivity index (χ0) is 18.6. The van der Waals surface area contributed by atoms with Gasteiger partial charge in [-0.15, -0.1) is 24.0 Å². The van der Waals surface area contributed by atoms with Crippen molar-refractivity contribution >= 4 is 35.8 Å². The maximum absolute atomic E-state index is 12.7. The molecule has 2 heterocycles. The van der Waals surface area contributed by atoms with Gasteiger partial charge in [0.1, 0.15) is 0 Å². The quantitative estimate of drug-likeness (QED) is 0.365. The Balaban J connectivity index is 0.00000225. The SMILES string of the molecule is CN=C(NC1CC1C1CCCCC1)N1CCC(C(=O)N2CCOCC2)CC1.I. The van der Waals surface area contributed by atoms with Crippen LogP contribution in [0.3, 0.4) is 0 Å². The van der Waals surface area contributed by atoms with Crippen LogP contribution < -0.4 is 5.32 Å². The first-order valence-corrected chi connectivity index (χ1v) is 11.1. The molecule has 28 heavy (non-hydrogen) atoms. The second-order valence-electron chi connectivity index (χ2n) is 8.79. The Hall–Kier alpha value is -0.570. The summed E-state index contributed by atoms with van der Waals surface area (Å²) in [4.78, 5) is 21.6. The van der Waals surface area contributed by atoms with Crippen molar-refractivity contribution in [2.24, 2.45) is 22.7 Å². The maximum atomic E-state index is 12.7. The highest BCUT2D eigenvalue weighted by Crippen LogP contribution is 2.44. The summed E-state index contributed by atoms with van der Waals surface area (Å²) in [6.07, 6.45) is 10.3. The van der Waals surface area contributed by atoms with Gasteiger partial charge in [-0.1, -0.05) is 32.1 Å². The summed E-state index contributed by atoms with van der Waals surface area (Å²) < 4.78 is 5.37. The molecule has 0 radical (unpaired) electrons. The predicted molar refractivity (Wildman–Crippen MR) is 122 cm³/mol. The van der Waals surface area contributed by atoms with Crippen LogP contribution in [0.15, 0.2) is 4.99 Å². The molecule has 0 spiro atoms. The summed E-state index contributed by atoms with van der Waals surface area (Å²) in [5.41, 5.74) is 0. The van der Waals surface area contributed by atoms with Gasteiger partial charge in [0.15, 0.2) is 5.96 Å². The molecule has 2 saturated carbocycles. The lowest BCUT2D eigenvalue weighted by atomic mass is 9.85. The molecule has 0 aromatic heterocycles. The number of morpholine rings is 1. The van der Waals surface area contributed by atoms with E-state index in [-0.39, 0.29) is 29.9 Å². The van der Waals surface area contributed by atoms with E-state index in [2.05, 4.69) is 15.2 Å². The Morgan fingerprint density at radius 1 is 0.964 bits per heavy atom. The number of nitrogens with one attached hydrogen (secondary N) is 1. The zero-order valence-electron chi connectivity index (χ0n) is 17.3. The maximum Gasteiger partial charge on any atom is 0.225 e. The minimum absolute atomic E-state index is 0. The molecule has 2 aliphatic heterocycles. The van der Waals surface area contributed by atoms with Crippen LogP contribution in [0.25, 0.3) is 0 Å². The number of hydrogen-bond acceptors (Lipinski definition) is 3. The number of ether oxygens (including phenoxy) is 1. The predicted octanol–water partition coefficient (Wildman–Crippen LogP) is 2.72. The van der Waals surface area contributed by atoms with Crippen LogP contribution >= 0.6 is 24.0 Å². The van der Waals surface area contributed by atoms with Crippen molar-refractivity contribution in [3.63, 3.8) is 0 Å². The Labute approximate surface area is 186 Å². The Morgan fingerprint density at radius 2 is 1.64 bits per heavy atom. The van der Waals surface area contributed by atoms with Gasteiger partial charge in [0, 0.05) is 45.2 Å². The summed E-state index contributed by atoms with van der Waals surface area (Å²) in [5, 5.41) is 3.73. The molecule has 2 atom stereocenters. The first-order valence-electron chi connectivity index (χ1n) is 11.1. The fourth-order valence-electron chi connectivity index (χ4n) is 5.31. The lowest BCUT2D eigenvalue weighted by molar-refractivity contribution is -0.140. The molecule has 1 amide bonds. The number of nitrogens with zero attached hydrogens (tertiary/aromatic N) is 3. The van der Waals surface area contributed by atoms with Crippen molar-refractivity contribution < 1.29 is 9.53 Å². The third kappa shape index (κ3) is 5.32. The van der Waals surface area contributed by atoms with Crippen molar-refractivity contribution in [3.05, 3.63) is 0 Å². The van der Waals surface area contributed by atoms with E-state index < -0.39 is 0 Å². The van der Waals surface area contributed by atoms with E-state index in [0.29, 0.717) is 25.2 Å². The third-order valence-electron chi connectivity index (χ3n) is 7.09. The fraction of sp³-hybridized carbons (Fsp3) is 0.905. The molecular formula is C21H37IN4O2. The molecule has 4 aliphatic rings. The van der Waals surface area contributed by atoms with Gasteiger partial charge in [-0.05, 0) is 31.1 Å². The molecule has 0 aromatic carbocycles. The van der Waals surface area contributed by atoms with Crippen molar-refractivity contribution in [2.45, 2.75) is 57.4 Å². The van der Waals surface area contributed by atoms with Crippen molar-refractivity contribution in [2.75, 3.05) is 46.4 Å². The summed E-state index contributed by atoms with van der Waals surface area (Å²) >= 11 is 0. The molecule has 2 aliphatic carbocycles. The molecule has 7 heteroatoms. The summed E-state index contributed by atoms with van der Waals surface area (Å²) in [5.74, 6) is 3.36. The van der Waals surface area contributed by atoms with Gasteiger partial charge in [0.05, 0.1) is 13.2 Å². The molecule has 6 nitrogen and oxygen atoms in total. The average molecular weight is 504 g/mol. The Morgan fingerprint density at radius 3 is 2.29 bits per heavy atom. The van der Waals surface area contributed by atoms with Crippen molar-refractivity contribution in [1.82, 2.24) is 15.1 Å². The number of carbonyl (C=O) groups excluding carboxylic acids is 1. The van der Waals surface area contributed by atoms with Crippen LogP contribution in [-0.2, 0) is 9.53 Å². The van der Waals surface area contributed by atoms with Gasteiger partial charge in [-0.3, -0.25) is 9.79 Å². The van der Waals surface area contributed by atoms with Gasteiger partial charge in [0.25, 0.3) is 0 Å². The number of likely N-dealkylation sites (tertiary alicyclic amines) is 1. The topological polar surface area (TPSA) is 57.2 Å². The van der Waals surface area contributed by atoms with Gasteiger partial charge in [0.2, 0.25) is 5.91 Å². The molecule has 2 saturated heterocycles. The van der Waals surface area contributed by atoms with Gasteiger partial charge >= 0.3 is 0 Å². The Kier molecular flexibility index (Phi) is 8.26. The van der Waals surface area contributed by atoms with Gasteiger partial charge in [-0.2, -0.15) is 0 Å². The average Bonchev–Trinajstić information content (AvgIpc) is 3.52. The molecule has 0 aromatic rings. The van der Waals surface area contributed by atoms with Crippen LogP contribution in [0.1, 0.15) is 51.4 Å². The highest BCUT2D eigenvalue weighted by Gasteiger charge is 2.44. The first kappa shape index (κ1) is 22.1. The van der Waals surface area contributed by atoms with Crippen LogP contribution in [0.2, 0.25) is 0 Å². The number of hydrogen-bond donors (Lipinski definition) is 1. The second kappa shape index (κ2) is 10.5. The van der Waals surface area contributed by atoms with Crippen LogP contribution in [0.4, 0.5) is 0 Å². The van der Waals surface area contributed by atoms with E-state index in [1.165, 1.54) is 38.5 Å². The zero-order valence-corrected chi connectivity index (χ0v) is 19.6. The van der Waals surface area contributed by atoms with Crippen molar-refractivity contribution in [1.29, 1.82) is 0 Å². The normalized spacial score (nSPS) is 30.0. The monoisotopic (exact) mass is 504 g/mol. The molecule has 160 valence electrons. The fourth-order valence-corrected chi connectivity index (χ4v) is 5.31. The lowest BCUT2D eigenvalue weighted by Gasteiger charge is -2.37. The minimum atomic E-state index is 0. The number of piperidine rings is 1. The van der Waals surface area contributed by atoms with E-state index in [0.717, 1.165) is 56.8 Å². The van der Waals surface area contributed by atoms with E-state index >= 15 is 0 Å². The number of carbonyl (C=O) groups is 1. The second-order valence-corrected chi connectivity index (χ2v) is 8.79. The third-order valence-corrected chi connectivity index (χ3v) is 7.09. The molecule has 0 bridgehead atoms. The van der Waals surface area contributed by atoms with Crippen molar-refractivity contribution in [3.8, 4) is 0 Å². The van der Waals surface area contributed by atoms with E-state index in [4.69, 9.17) is 4.74 Å². The van der Waals surface area contributed by atoms with E-state index in [9.17, 15) is 4.79 Å². The lowest BCUT2D eigenvalue weighted by Crippen LogP contribution is -2.50. The largest absolute Gasteiger partial charge is 0.378 e. The number of amides is 1.